The van der Waals surface area contributed by atoms with Gasteiger partial charge in [-0.1, -0.05) is 13.8 Å². The molecule has 1 unspecified atom stereocenters. The molecule has 0 spiro atoms. The van der Waals surface area contributed by atoms with Gasteiger partial charge in [-0.3, -0.25) is 4.79 Å². The first-order chi connectivity index (χ1) is 7.29. The number of nitrogens with one attached hydrogen (secondary N) is 2. The first-order valence-corrected chi connectivity index (χ1v) is 5.35. The van der Waals surface area contributed by atoms with Crippen LogP contribution in [0.4, 0.5) is 13.2 Å². The average Bonchev–Trinajstić information content (AvgIpc) is 2.62. The van der Waals surface area contributed by atoms with Crippen molar-refractivity contribution in [1.82, 2.24) is 10.6 Å². The Hall–Kier alpha value is -0.780. The van der Waals surface area contributed by atoms with Crippen LogP contribution in [0.2, 0.25) is 0 Å². The highest BCUT2D eigenvalue weighted by Gasteiger charge is 2.61. The molecule has 1 aliphatic rings. The van der Waals surface area contributed by atoms with Gasteiger partial charge in [0.1, 0.15) is 0 Å². The molecular weight excluding hydrogens is 221 g/mol. The van der Waals surface area contributed by atoms with E-state index in [2.05, 4.69) is 10.6 Å². The van der Waals surface area contributed by atoms with Crippen molar-refractivity contribution in [2.45, 2.75) is 26.4 Å². The predicted molar refractivity (Wildman–Crippen MR) is 53.8 cm³/mol. The maximum atomic E-state index is 12.9. The maximum absolute atomic E-state index is 12.9. The number of rotatable bonds is 3. The fourth-order valence-electron chi connectivity index (χ4n) is 1.72. The largest absolute Gasteiger partial charge is 0.404 e. The summed E-state index contributed by atoms with van der Waals surface area (Å²) >= 11 is 0. The van der Waals surface area contributed by atoms with Crippen molar-refractivity contribution in [2.75, 3.05) is 19.6 Å². The molecule has 1 fully saturated rings. The molecule has 0 bridgehead atoms. The van der Waals surface area contributed by atoms with Gasteiger partial charge in [0.2, 0.25) is 5.91 Å². The summed E-state index contributed by atoms with van der Waals surface area (Å²) in [5.41, 5.74) is -2.23. The van der Waals surface area contributed by atoms with E-state index in [-0.39, 0.29) is 32.0 Å². The molecule has 1 rings (SSSR count). The summed E-state index contributed by atoms with van der Waals surface area (Å²) in [5.74, 6) is -0.762. The molecule has 1 amide bonds. The third-order valence-corrected chi connectivity index (χ3v) is 2.80. The van der Waals surface area contributed by atoms with Crippen molar-refractivity contribution in [3.8, 4) is 0 Å². The van der Waals surface area contributed by atoms with Gasteiger partial charge in [-0.05, 0) is 18.9 Å². The fourth-order valence-corrected chi connectivity index (χ4v) is 1.72. The minimum atomic E-state index is -4.49. The second kappa shape index (κ2) is 4.61. The number of amides is 1. The lowest BCUT2D eigenvalue weighted by Crippen LogP contribution is -2.52. The Morgan fingerprint density at radius 2 is 2.12 bits per heavy atom. The molecular formula is C10H17F3N2O. The molecule has 0 saturated carbocycles. The zero-order valence-electron chi connectivity index (χ0n) is 9.45. The van der Waals surface area contributed by atoms with Crippen LogP contribution in [0.3, 0.4) is 0 Å². The van der Waals surface area contributed by atoms with Crippen molar-refractivity contribution in [1.29, 1.82) is 0 Å². The van der Waals surface area contributed by atoms with Crippen molar-refractivity contribution in [2.24, 2.45) is 11.3 Å². The summed E-state index contributed by atoms with van der Waals surface area (Å²) < 4.78 is 38.7. The summed E-state index contributed by atoms with van der Waals surface area (Å²) in [6.07, 6.45) is -4.67. The second-order valence-electron chi connectivity index (χ2n) is 4.61. The van der Waals surface area contributed by atoms with Crippen LogP contribution in [-0.4, -0.2) is 31.7 Å². The predicted octanol–water partition coefficient (Wildman–Crippen LogP) is 1.30. The van der Waals surface area contributed by atoms with Gasteiger partial charge in [0.05, 0.1) is 0 Å². The Labute approximate surface area is 92.8 Å². The third kappa shape index (κ3) is 2.48. The summed E-state index contributed by atoms with van der Waals surface area (Å²) in [5, 5.41) is 4.98. The van der Waals surface area contributed by atoms with Crippen LogP contribution >= 0.6 is 0 Å². The van der Waals surface area contributed by atoms with Gasteiger partial charge in [0.15, 0.2) is 5.41 Å². The topological polar surface area (TPSA) is 41.1 Å². The molecule has 0 aromatic rings. The summed E-state index contributed by atoms with van der Waals surface area (Å²) in [4.78, 5) is 11.6. The molecule has 16 heavy (non-hydrogen) atoms. The second-order valence-corrected chi connectivity index (χ2v) is 4.61. The van der Waals surface area contributed by atoms with Crippen molar-refractivity contribution in [3.05, 3.63) is 0 Å². The van der Waals surface area contributed by atoms with Crippen molar-refractivity contribution >= 4 is 5.91 Å². The lowest BCUT2D eigenvalue weighted by molar-refractivity contribution is -0.216. The fraction of sp³-hybridized carbons (Fsp3) is 0.900. The van der Waals surface area contributed by atoms with Gasteiger partial charge >= 0.3 is 6.18 Å². The molecule has 0 radical (unpaired) electrons. The number of carbonyl (C=O) groups excluding carboxylic acids is 1. The monoisotopic (exact) mass is 238 g/mol. The SMILES string of the molecule is CC(C)CNC(=O)C1(C(F)(F)F)CCNC1. The third-order valence-electron chi connectivity index (χ3n) is 2.80. The highest BCUT2D eigenvalue weighted by Crippen LogP contribution is 2.43. The lowest BCUT2D eigenvalue weighted by Gasteiger charge is -2.29. The number of hydrogen-bond acceptors (Lipinski definition) is 2. The number of alkyl halides is 3. The van der Waals surface area contributed by atoms with E-state index in [4.69, 9.17) is 0 Å². The van der Waals surface area contributed by atoms with E-state index in [1.54, 1.807) is 0 Å². The summed E-state index contributed by atoms with van der Waals surface area (Å²) in [6, 6.07) is 0. The molecule has 1 aliphatic heterocycles. The Kier molecular flexibility index (Phi) is 3.83. The molecule has 2 N–H and O–H groups in total. The molecule has 0 aliphatic carbocycles. The van der Waals surface area contributed by atoms with E-state index >= 15 is 0 Å². The Balaban J connectivity index is 2.74. The highest BCUT2D eigenvalue weighted by molar-refractivity contribution is 5.84. The van der Waals surface area contributed by atoms with Crippen LogP contribution in [0.1, 0.15) is 20.3 Å². The van der Waals surface area contributed by atoms with Crippen LogP contribution in [0.15, 0.2) is 0 Å². The van der Waals surface area contributed by atoms with Crippen LogP contribution in [-0.2, 0) is 4.79 Å². The molecule has 1 atom stereocenters. The van der Waals surface area contributed by atoms with Crippen LogP contribution < -0.4 is 10.6 Å². The van der Waals surface area contributed by atoms with Gasteiger partial charge in [-0.15, -0.1) is 0 Å². The first kappa shape index (κ1) is 13.3. The number of hydrogen-bond donors (Lipinski definition) is 2. The van der Waals surface area contributed by atoms with Gasteiger partial charge in [-0.2, -0.15) is 13.2 Å². The van der Waals surface area contributed by atoms with Gasteiger partial charge in [0, 0.05) is 13.1 Å². The number of carbonyl (C=O) groups is 1. The highest BCUT2D eigenvalue weighted by atomic mass is 19.4. The lowest BCUT2D eigenvalue weighted by atomic mass is 9.85. The number of halogens is 3. The average molecular weight is 238 g/mol. The van der Waals surface area contributed by atoms with E-state index in [9.17, 15) is 18.0 Å². The van der Waals surface area contributed by atoms with Crippen LogP contribution in [0.5, 0.6) is 0 Å². The summed E-state index contributed by atoms with van der Waals surface area (Å²) in [6.45, 7) is 3.87. The van der Waals surface area contributed by atoms with Crippen molar-refractivity contribution in [3.63, 3.8) is 0 Å². The molecule has 1 heterocycles. The standard InChI is InChI=1S/C10H17F3N2O/c1-7(2)5-15-8(16)9(10(11,12)13)3-4-14-6-9/h7,14H,3-6H2,1-2H3,(H,15,16). The van der Waals surface area contributed by atoms with Gasteiger partial charge < -0.3 is 10.6 Å². The normalized spacial score (nSPS) is 26.1. The first-order valence-electron chi connectivity index (χ1n) is 5.35. The molecule has 94 valence electrons. The summed E-state index contributed by atoms with van der Waals surface area (Å²) in [7, 11) is 0. The molecule has 1 saturated heterocycles. The molecule has 6 heteroatoms. The minimum Gasteiger partial charge on any atom is -0.355 e. The zero-order chi connectivity index (χ0) is 12.4. The zero-order valence-corrected chi connectivity index (χ0v) is 9.45. The van der Waals surface area contributed by atoms with E-state index in [1.807, 2.05) is 13.8 Å². The molecule has 0 aromatic carbocycles. The quantitative estimate of drug-likeness (QED) is 0.778. The Bertz CT molecular complexity index is 257. The van der Waals surface area contributed by atoms with Crippen LogP contribution in [0.25, 0.3) is 0 Å². The molecule has 3 nitrogen and oxygen atoms in total. The van der Waals surface area contributed by atoms with Gasteiger partial charge in [0.25, 0.3) is 0 Å². The van der Waals surface area contributed by atoms with E-state index in [1.165, 1.54) is 0 Å². The Morgan fingerprint density at radius 1 is 1.50 bits per heavy atom. The van der Waals surface area contributed by atoms with Gasteiger partial charge in [-0.25, -0.2) is 0 Å². The molecule has 0 aromatic heterocycles. The Morgan fingerprint density at radius 3 is 2.50 bits per heavy atom. The smallest absolute Gasteiger partial charge is 0.355 e. The minimum absolute atomic E-state index is 0.142. The van der Waals surface area contributed by atoms with E-state index in [0.717, 1.165) is 0 Å². The maximum Gasteiger partial charge on any atom is 0.404 e. The van der Waals surface area contributed by atoms with Crippen molar-refractivity contribution < 1.29 is 18.0 Å². The van der Waals surface area contributed by atoms with E-state index in [0.29, 0.717) is 0 Å². The van der Waals surface area contributed by atoms with Crippen LogP contribution in [0, 0.1) is 11.3 Å². The van der Waals surface area contributed by atoms with E-state index < -0.39 is 17.5 Å².